The fourth-order valence-electron chi connectivity index (χ4n) is 1.65. The standard InChI is InChI=1S/C14H15N5O3S/c1-8-4-3-5-10(6-8)7-15-17-11(20)9(2)23-13-12(21)16-14(22)19-18-13/h3-7,9H,1-2H3,(H,17,20)(H2,16,19,21,22)/b15-7+. The summed E-state index contributed by atoms with van der Waals surface area (Å²) in [4.78, 5) is 36.4. The molecule has 120 valence electrons. The minimum Gasteiger partial charge on any atom is -0.272 e. The molecule has 1 aromatic heterocycles. The second-order valence-corrected chi connectivity index (χ2v) is 6.05. The molecule has 0 aliphatic carbocycles. The van der Waals surface area contributed by atoms with Crippen molar-refractivity contribution in [2.45, 2.75) is 24.1 Å². The molecule has 0 fully saturated rings. The second kappa shape index (κ2) is 7.54. The van der Waals surface area contributed by atoms with E-state index in [2.05, 4.69) is 20.7 Å². The Labute approximate surface area is 135 Å². The van der Waals surface area contributed by atoms with Crippen molar-refractivity contribution in [1.82, 2.24) is 20.6 Å². The van der Waals surface area contributed by atoms with Gasteiger partial charge in [0, 0.05) is 0 Å². The first kappa shape index (κ1) is 16.7. The van der Waals surface area contributed by atoms with Gasteiger partial charge in [-0.2, -0.15) is 10.2 Å². The Morgan fingerprint density at radius 3 is 2.91 bits per heavy atom. The summed E-state index contributed by atoms with van der Waals surface area (Å²) in [6, 6.07) is 7.65. The lowest BCUT2D eigenvalue weighted by molar-refractivity contribution is -0.120. The van der Waals surface area contributed by atoms with Crippen LogP contribution in [0.3, 0.4) is 0 Å². The van der Waals surface area contributed by atoms with Crippen LogP contribution in [0.15, 0.2) is 44.0 Å². The number of nitrogens with one attached hydrogen (secondary N) is 3. The molecule has 2 aromatic rings. The number of hydrogen-bond acceptors (Lipinski definition) is 6. The molecule has 1 heterocycles. The zero-order valence-corrected chi connectivity index (χ0v) is 13.3. The molecule has 0 bridgehead atoms. The number of aromatic nitrogens is 3. The summed E-state index contributed by atoms with van der Waals surface area (Å²) in [6.07, 6.45) is 1.54. The first-order chi connectivity index (χ1) is 11.0. The van der Waals surface area contributed by atoms with Crippen molar-refractivity contribution >= 4 is 23.9 Å². The van der Waals surface area contributed by atoms with E-state index in [0.29, 0.717) is 0 Å². The average molecular weight is 333 g/mol. The SMILES string of the molecule is Cc1cccc(/C=N/NC(=O)C(C)Sc2n[nH]c(=O)[nH]c2=O)c1. The lowest BCUT2D eigenvalue weighted by atomic mass is 10.2. The predicted octanol–water partition coefficient (Wildman–Crippen LogP) is 0.398. The van der Waals surface area contributed by atoms with Crippen LogP contribution in [0.2, 0.25) is 0 Å². The van der Waals surface area contributed by atoms with Gasteiger partial charge in [-0.1, -0.05) is 41.6 Å². The Morgan fingerprint density at radius 1 is 1.43 bits per heavy atom. The van der Waals surface area contributed by atoms with Crippen LogP contribution in [0.4, 0.5) is 0 Å². The van der Waals surface area contributed by atoms with Crippen molar-refractivity contribution in [3.8, 4) is 0 Å². The number of carbonyl (C=O) groups excluding carboxylic acids is 1. The fourth-order valence-corrected chi connectivity index (χ4v) is 2.40. The molecule has 3 N–H and O–H groups in total. The largest absolute Gasteiger partial charge is 0.342 e. The number of rotatable bonds is 5. The van der Waals surface area contributed by atoms with Gasteiger partial charge in [0.15, 0.2) is 5.03 Å². The third-order valence-corrected chi connectivity index (χ3v) is 3.84. The number of nitrogens with zero attached hydrogens (tertiary/aromatic N) is 2. The first-order valence-corrected chi connectivity index (χ1v) is 7.59. The van der Waals surface area contributed by atoms with E-state index in [0.717, 1.165) is 22.9 Å². The highest BCUT2D eigenvalue weighted by Gasteiger charge is 2.16. The maximum Gasteiger partial charge on any atom is 0.342 e. The van der Waals surface area contributed by atoms with Crippen molar-refractivity contribution in [3.05, 3.63) is 56.2 Å². The van der Waals surface area contributed by atoms with Crippen molar-refractivity contribution in [1.29, 1.82) is 0 Å². The summed E-state index contributed by atoms with van der Waals surface area (Å²) in [5, 5.41) is 8.99. The lowest BCUT2D eigenvalue weighted by Crippen LogP contribution is -2.30. The molecule has 1 amide bonds. The normalized spacial score (nSPS) is 12.3. The number of hydrazone groups is 1. The Morgan fingerprint density at radius 2 is 2.22 bits per heavy atom. The quantitative estimate of drug-likeness (QED) is 0.415. The van der Waals surface area contributed by atoms with Gasteiger partial charge in [-0.15, -0.1) is 0 Å². The van der Waals surface area contributed by atoms with Gasteiger partial charge in [-0.3, -0.25) is 14.6 Å². The van der Waals surface area contributed by atoms with Crippen LogP contribution in [0, 0.1) is 6.92 Å². The van der Waals surface area contributed by atoms with Gasteiger partial charge in [-0.05, 0) is 19.4 Å². The highest BCUT2D eigenvalue weighted by atomic mass is 32.2. The van der Waals surface area contributed by atoms with E-state index in [1.165, 1.54) is 6.21 Å². The number of H-pyrrole nitrogens is 2. The molecular formula is C14H15N5O3S. The van der Waals surface area contributed by atoms with E-state index in [1.54, 1.807) is 6.92 Å². The number of thioether (sulfide) groups is 1. The smallest absolute Gasteiger partial charge is 0.272 e. The molecule has 8 nitrogen and oxygen atoms in total. The van der Waals surface area contributed by atoms with Crippen LogP contribution < -0.4 is 16.7 Å². The predicted molar refractivity (Wildman–Crippen MR) is 87.7 cm³/mol. The molecule has 0 saturated heterocycles. The number of carbonyl (C=O) groups is 1. The topological polar surface area (TPSA) is 120 Å². The summed E-state index contributed by atoms with van der Waals surface area (Å²) in [5.74, 6) is -0.383. The van der Waals surface area contributed by atoms with Crippen molar-refractivity contribution in [2.75, 3.05) is 0 Å². The minimum absolute atomic E-state index is 0.00918. The molecule has 0 aliphatic heterocycles. The monoisotopic (exact) mass is 333 g/mol. The highest BCUT2D eigenvalue weighted by Crippen LogP contribution is 2.16. The molecule has 1 unspecified atom stereocenters. The van der Waals surface area contributed by atoms with E-state index < -0.39 is 16.5 Å². The molecular weight excluding hydrogens is 318 g/mol. The third-order valence-electron chi connectivity index (χ3n) is 2.77. The Bertz CT molecular complexity index is 843. The highest BCUT2D eigenvalue weighted by molar-refractivity contribution is 8.00. The molecule has 0 radical (unpaired) electrons. The van der Waals surface area contributed by atoms with Gasteiger partial charge in [0.1, 0.15) is 0 Å². The summed E-state index contributed by atoms with van der Waals surface area (Å²) < 4.78 is 0. The average Bonchev–Trinajstić information content (AvgIpc) is 2.50. The fraction of sp³-hybridized carbons (Fsp3) is 0.214. The molecule has 0 saturated carbocycles. The molecule has 1 atom stereocenters. The molecule has 0 aliphatic rings. The minimum atomic E-state index is -0.695. The van der Waals surface area contributed by atoms with Gasteiger partial charge in [0.25, 0.3) is 11.5 Å². The summed E-state index contributed by atoms with van der Waals surface area (Å²) in [7, 11) is 0. The summed E-state index contributed by atoms with van der Waals surface area (Å²) in [6.45, 7) is 3.57. The Kier molecular flexibility index (Phi) is 5.47. The third kappa shape index (κ3) is 4.92. The number of aryl methyl sites for hydroxylation is 1. The van der Waals surface area contributed by atoms with Crippen LogP contribution in [-0.2, 0) is 4.79 Å². The van der Waals surface area contributed by atoms with E-state index in [4.69, 9.17) is 0 Å². The number of amides is 1. The molecule has 1 aromatic carbocycles. The van der Waals surface area contributed by atoms with E-state index >= 15 is 0 Å². The van der Waals surface area contributed by atoms with Crippen LogP contribution >= 0.6 is 11.8 Å². The van der Waals surface area contributed by atoms with E-state index in [1.807, 2.05) is 36.2 Å². The maximum atomic E-state index is 11.9. The van der Waals surface area contributed by atoms with E-state index in [9.17, 15) is 14.4 Å². The van der Waals surface area contributed by atoms with Crippen molar-refractivity contribution in [3.63, 3.8) is 0 Å². The van der Waals surface area contributed by atoms with Gasteiger partial charge in [-0.25, -0.2) is 15.3 Å². The van der Waals surface area contributed by atoms with Gasteiger partial charge < -0.3 is 0 Å². The molecule has 2 rings (SSSR count). The van der Waals surface area contributed by atoms with Gasteiger partial charge >= 0.3 is 5.69 Å². The molecule has 9 heteroatoms. The molecule has 0 spiro atoms. The number of aromatic amines is 2. The van der Waals surface area contributed by atoms with Crippen LogP contribution in [-0.4, -0.2) is 32.6 Å². The van der Waals surface area contributed by atoms with Crippen LogP contribution in [0.5, 0.6) is 0 Å². The van der Waals surface area contributed by atoms with Gasteiger partial charge in [0.05, 0.1) is 11.5 Å². The lowest BCUT2D eigenvalue weighted by Gasteiger charge is -2.07. The Balaban J connectivity index is 1.95. The van der Waals surface area contributed by atoms with E-state index in [-0.39, 0.29) is 10.9 Å². The second-order valence-electron chi connectivity index (χ2n) is 4.72. The van der Waals surface area contributed by atoms with Gasteiger partial charge in [0.2, 0.25) is 0 Å². The maximum absolute atomic E-state index is 11.9. The first-order valence-electron chi connectivity index (χ1n) is 6.71. The molecule has 23 heavy (non-hydrogen) atoms. The van der Waals surface area contributed by atoms with Crippen molar-refractivity contribution < 1.29 is 4.79 Å². The zero-order valence-electron chi connectivity index (χ0n) is 12.5. The summed E-state index contributed by atoms with van der Waals surface area (Å²) in [5.41, 5.74) is 3.02. The zero-order chi connectivity index (χ0) is 16.8. The Hall–Kier alpha value is -2.68. The van der Waals surface area contributed by atoms with Crippen LogP contribution in [0.25, 0.3) is 0 Å². The van der Waals surface area contributed by atoms with Crippen LogP contribution in [0.1, 0.15) is 18.1 Å². The van der Waals surface area contributed by atoms with Crippen molar-refractivity contribution in [2.24, 2.45) is 5.10 Å². The number of benzene rings is 1. The summed E-state index contributed by atoms with van der Waals surface area (Å²) >= 11 is 0.925. The number of hydrogen-bond donors (Lipinski definition) is 3.